The lowest BCUT2D eigenvalue weighted by molar-refractivity contribution is -0.152. The number of halogens is 1. The number of carbonyl (C=O) groups is 1. The first kappa shape index (κ1) is 18.8. The first-order chi connectivity index (χ1) is 13.7. The van der Waals surface area contributed by atoms with Crippen molar-refractivity contribution in [2.45, 2.75) is 12.0 Å². The second-order valence-corrected chi connectivity index (χ2v) is 7.66. The summed E-state index contributed by atoms with van der Waals surface area (Å²) >= 11 is 3.59. The monoisotopic (exact) mass is 437 g/mol. The van der Waals surface area contributed by atoms with Crippen LogP contribution < -0.4 is 0 Å². The Balaban J connectivity index is 1.87. The zero-order chi connectivity index (χ0) is 19.3. The number of ether oxygens (including phenoxy) is 1. The largest absolute Gasteiger partial charge is 0.463 e. The van der Waals surface area contributed by atoms with Gasteiger partial charge in [0.05, 0.1) is 6.54 Å². The minimum absolute atomic E-state index is 0.0254. The molecule has 28 heavy (non-hydrogen) atoms. The quantitative estimate of drug-likeness (QED) is 0.565. The van der Waals surface area contributed by atoms with Crippen molar-refractivity contribution in [1.29, 1.82) is 0 Å². The predicted molar refractivity (Wildman–Crippen MR) is 110 cm³/mol. The van der Waals surface area contributed by atoms with Crippen molar-refractivity contribution >= 4 is 21.9 Å². The molecule has 2 aromatic heterocycles. The molecule has 3 aromatic rings. The Labute approximate surface area is 172 Å². The van der Waals surface area contributed by atoms with Gasteiger partial charge in [-0.3, -0.25) is 19.7 Å². The Morgan fingerprint density at radius 2 is 1.64 bits per heavy atom. The van der Waals surface area contributed by atoms with Crippen LogP contribution in [-0.4, -0.2) is 40.5 Å². The van der Waals surface area contributed by atoms with E-state index in [9.17, 15) is 4.79 Å². The van der Waals surface area contributed by atoms with E-state index in [2.05, 4.69) is 55.1 Å². The van der Waals surface area contributed by atoms with Crippen molar-refractivity contribution in [3.8, 4) is 0 Å². The van der Waals surface area contributed by atoms with Crippen molar-refractivity contribution in [3.63, 3.8) is 0 Å². The third-order valence-corrected chi connectivity index (χ3v) is 5.45. The summed E-state index contributed by atoms with van der Waals surface area (Å²) in [6.07, 6.45) is 7.34. The molecule has 6 heteroatoms. The number of esters is 1. The molecule has 1 unspecified atom stereocenters. The number of aromatic nitrogens is 2. The number of pyridine rings is 2. The molecule has 0 radical (unpaired) electrons. The number of hydrogen-bond acceptors (Lipinski definition) is 5. The molecule has 1 aliphatic rings. The maximum atomic E-state index is 12.1. The molecule has 1 atom stereocenters. The van der Waals surface area contributed by atoms with E-state index in [-0.39, 0.29) is 24.5 Å². The highest BCUT2D eigenvalue weighted by molar-refractivity contribution is 9.10. The van der Waals surface area contributed by atoms with Gasteiger partial charge in [0.15, 0.2) is 0 Å². The van der Waals surface area contributed by atoms with Gasteiger partial charge in [-0.25, -0.2) is 0 Å². The van der Waals surface area contributed by atoms with Crippen molar-refractivity contribution in [1.82, 2.24) is 14.9 Å². The summed E-state index contributed by atoms with van der Waals surface area (Å²) in [5, 5.41) is 0. The van der Waals surface area contributed by atoms with E-state index >= 15 is 0 Å². The minimum atomic E-state index is -0.192. The fourth-order valence-corrected chi connectivity index (χ4v) is 4.20. The van der Waals surface area contributed by atoms with Gasteiger partial charge in [-0.1, -0.05) is 40.2 Å². The molecule has 1 saturated heterocycles. The standard InChI is InChI=1S/C22H20BrN3O2/c23-19-7-1-4-16(12-19)22(26-10-11-28-20(27)15-26)21(17-5-2-8-24-13-17)18-6-3-9-25-14-18/h1-9,12-14,21-22H,10-11,15H2. The van der Waals surface area contributed by atoms with Gasteiger partial charge in [0, 0.05) is 47.8 Å². The van der Waals surface area contributed by atoms with Crippen LogP contribution in [0.5, 0.6) is 0 Å². The van der Waals surface area contributed by atoms with E-state index < -0.39 is 0 Å². The average molecular weight is 438 g/mol. The van der Waals surface area contributed by atoms with Crippen LogP contribution in [0.15, 0.2) is 77.8 Å². The van der Waals surface area contributed by atoms with Gasteiger partial charge in [-0.15, -0.1) is 0 Å². The Morgan fingerprint density at radius 3 is 2.21 bits per heavy atom. The summed E-state index contributed by atoms with van der Waals surface area (Å²) in [7, 11) is 0. The maximum Gasteiger partial charge on any atom is 0.320 e. The van der Waals surface area contributed by atoms with Gasteiger partial charge in [-0.2, -0.15) is 0 Å². The maximum absolute atomic E-state index is 12.1. The minimum Gasteiger partial charge on any atom is -0.463 e. The lowest BCUT2D eigenvalue weighted by Gasteiger charge is -2.39. The molecule has 0 amide bonds. The van der Waals surface area contributed by atoms with Gasteiger partial charge in [0.1, 0.15) is 6.61 Å². The van der Waals surface area contributed by atoms with Crippen molar-refractivity contribution in [2.75, 3.05) is 19.7 Å². The topological polar surface area (TPSA) is 55.3 Å². The van der Waals surface area contributed by atoms with E-state index in [1.54, 1.807) is 12.4 Å². The fourth-order valence-electron chi connectivity index (χ4n) is 3.79. The molecule has 142 valence electrons. The third kappa shape index (κ3) is 4.13. The zero-order valence-corrected chi connectivity index (χ0v) is 16.8. The van der Waals surface area contributed by atoms with E-state index in [1.165, 1.54) is 0 Å². The SMILES string of the molecule is O=C1CN(C(c2cccc(Br)c2)C(c2cccnc2)c2cccnc2)CCO1. The molecule has 1 aliphatic heterocycles. The van der Waals surface area contributed by atoms with E-state index in [4.69, 9.17) is 4.74 Å². The molecular weight excluding hydrogens is 418 g/mol. The van der Waals surface area contributed by atoms with Gasteiger partial charge in [0.25, 0.3) is 0 Å². The number of morpholine rings is 1. The second kappa shape index (κ2) is 8.63. The van der Waals surface area contributed by atoms with E-state index in [0.29, 0.717) is 13.2 Å². The molecule has 0 N–H and O–H groups in total. The summed E-state index contributed by atoms with van der Waals surface area (Å²) < 4.78 is 6.20. The molecule has 3 heterocycles. The number of cyclic esters (lactones) is 1. The molecule has 0 bridgehead atoms. The highest BCUT2D eigenvalue weighted by Crippen LogP contribution is 2.41. The summed E-state index contributed by atoms with van der Waals surface area (Å²) in [4.78, 5) is 23.0. The van der Waals surface area contributed by atoms with Gasteiger partial charge >= 0.3 is 5.97 Å². The van der Waals surface area contributed by atoms with Crippen molar-refractivity contribution in [2.24, 2.45) is 0 Å². The predicted octanol–water partition coefficient (Wildman–Crippen LogP) is 3.97. The Kier molecular flexibility index (Phi) is 5.78. The zero-order valence-electron chi connectivity index (χ0n) is 15.2. The molecule has 4 rings (SSSR count). The van der Waals surface area contributed by atoms with E-state index in [0.717, 1.165) is 21.2 Å². The first-order valence-electron chi connectivity index (χ1n) is 9.17. The number of carbonyl (C=O) groups excluding carboxylic acids is 1. The van der Waals surface area contributed by atoms with Crippen LogP contribution in [-0.2, 0) is 9.53 Å². The van der Waals surface area contributed by atoms with E-state index in [1.807, 2.05) is 36.7 Å². The van der Waals surface area contributed by atoms with Crippen molar-refractivity contribution in [3.05, 3.63) is 94.5 Å². The number of rotatable bonds is 5. The summed E-state index contributed by atoms with van der Waals surface area (Å²) in [6, 6.07) is 16.3. The van der Waals surface area contributed by atoms with Crippen LogP contribution in [0.3, 0.4) is 0 Å². The smallest absolute Gasteiger partial charge is 0.320 e. The molecule has 1 aromatic carbocycles. The van der Waals surface area contributed by atoms with Gasteiger partial charge in [0.2, 0.25) is 0 Å². The van der Waals surface area contributed by atoms with Crippen LogP contribution in [0.2, 0.25) is 0 Å². The fraction of sp³-hybridized carbons (Fsp3) is 0.227. The lowest BCUT2D eigenvalue weighted by atomic mass is 9.82. The Bertz CT molecular complexity index is 897. The molecular formula is C22H20BrN3O2. The summed E-state index contributed by atoms with van der Waals surface area (Å²) in [5.74, 6) is -0.218. The molecule has 0 spiro atoms. The normalized spacial score (nSPS) is 16.0. The first-order valence-corrected chi connectivity index (χ1v) is 9.96. The molecule has 5 nitrogen and oxygen atoms in total. The van der Waals surface area contributed by atoms with Gasteiger partial charge < -0.3 is 4.74 Å². The molecule has 1 fully saturated rings. The number of nitrogens with zero attached hydrogens (tertiary/aromatic N) is 3. The second-order valence-electron chi connectivity index (χ2n) is 6.74. The van der Waals surface area contributed by atoms with Crippen LogP contribution in [0.1, 0.15) is 28.7 Å². The van der Waals surface area contributed by atoms with Gasteiger partial charge in [-0.05, 0) is 41.0 Å². The van der Waals surface area contributed by atoms with Crippen LogP contribution in [0.25, 0.3) is 0 Å². The number of hydrogen-bond donors (Lipinski definition) is 0. The molecule has 0 aliphatic carbocycles. The third-order valence-electron chi connectivity index (χ3n) is 4.96. The number of benzene rings is 1. The highest BCUT2D eigenvalue weighted by Gasteiger charge is 2.35. The Hall–Kier alpha value is -2.57. The Morgan fingerprint density at radius 1 is 0.964 bits per heavy atom. The molecule has 0 saturated carbocycles. The summed E-state index contributed by atoms with van der Waals surface area (Å²) in [6.45, 7) is 1.34. The average Bonchev–Trinajstić information content (AvgIpc) is 2.73. The van der Waals surface area contributed by atoms with Crippen molar-refractivity contribution < 1.29 is 9.53 Å². The van der Waals surface area contributed by atoms with Crippen LogP contribution in [0, 0.1) is 0 Å². The highest BCUT2D eigenvalue weighted by atomic mass is 79.9. The van der Waals surface area contributed by atoms with Crippen LogP contribution in [0.4, 0.5) is 0 Å². The lowest BCUT2D eigenvalue weighted by Crippen LogP contribution is -2.44. The summed E-state index contributed by atoms with van der Waals surface area (Å²) in [5.41, 5.74) is 3.29. The van der Waals surface area contributed by atoms with Crippen LogP contribution >= 0.6 is 15.9 Å².